The molecule has 0 aromatic carbocycles. The smallest absolute Gasteiger partial charge is 0.220 e. The van der Waals surface area contributed by atoms with E-state index < -0.39 is 0 Å². The van der Waals surface area contributed by atoms with Crippen LogP contribution < -0.4 is 11.1 Å². The van der Waals surface area contributed by atoms with E-state index in [0.29, 0.717) is 18.9 Å². The van der Waals surface area contributed by atoms with Crippen molar-refractivity contribution in [2.24, 2.45) is 11.7 Å². The number of hydrogen-bond donors (Lipinski definition) is 2. The zero-order chi connectivity index (χ0) is 5.98. The third-order valence-electron chi connectivity index (χ3n) is 1.40. The number of nitrogens with two attached hydrogens (primary N) is 1. The van der Waals surface area contributed by atoms with Gasteiger partial charge in [0.15, 0.2) is 0 Å². The Morgan fingerprint density at radius 2 is 2.44 bits per heavy atom. The molecule has 1 radical (unpaired) electrons. The van der Waals surface area contributed by atoms with Crippen LogP contribution in [0.15, 0.2) is 0 Å². The first-order valence-electron chi connectivity index (χ1n) is 2.79. The normalized spacial score (nSPS) is 25.0. The van der Waals surface area contributed by atoms with Gasteiger partial charge < -0.3 is 11.1 Å². The Labute approximate surface area is 76.7 Å². The molecule has 0 aromatic heterocycles. The summed E-state index contributed by atoms with van der Waals surface area (Å²) in [7, 11) is 0. The van der Waals surface area contributed by atoms with Gasteiger partial charge in [-0.3, -0.25) is 4.79 Å². The molecular formula is C5H10N2NaO. The molecule has 47 valence electrons. The van der Waals surface area contributed by atoms with Crippen LogP contribution in [0.2, 0.25) is 0 Å². The summed E-state index contributed by atoms with van der Waals surface area (Å²) < 4.78 is 0. The van der Waals surface area contributed by atoms with Crippen molar-refractivity contribution >= 4 is 35.5 Å². The second-order valence-electron chi connectivity index (χ2n) is 2.11. The van der Waals surface area contributed by atoms with Crippen LogP contribution in [0.5, 0.6) is 0 Å². The summed E-state index contributed by atoms with van der Waals surface area (Å²) in [4.78, 5) is 10.4. The summed E-state index contributed by atoms with van der Waals surface area (Å²) in [5, 5.41) is 2.70. The number of amides is 1. The van der Waals surface area contributed by atoms with E-state index in [1.165, 1.54) is 0 Å². The minimum atomic E-state index is 0. The quantitative estimate of drug-likeness (QED) is 0.441. The van der Waals surface area contributed by atoms with E-state index in [1.54, 1.807) is 0 Å². The Bertz CT molecular complexity index is 107. The van der Waals surface area contributed by atoms with Gasteiger partial charge in [0, 0.05) is 42.5 Å². The van der Waals surface area contributed by atoms with Crippen molar-refractivity contribution < 1.29 is 4.79 Å². The number of rotatable bonds is 1. The molecule has 4 heteroatoms. The molecule has 0 spiro atoms. The summed E-state index contributed by atoms with van der Waals surface area (Å²) in [6.45, 7) is 1.40. The van der Waals surface area contributed by atoms with Gasteiger partial charge in [0.1, 0.15) is 0 Å². The molecule has 1 aliphatic heterocycles. The average molecular weight is 137 g/mol. The third-order valence-corrected chi connectivity index (χ3v) is 1.40. The second kappa shape index (κ2) is 4.28. The summed E-state index contributed by atoms with van der Waals surface area (Å²) in [5.74, 6) is 0.531. The van der Waals surface area contributed by atoms with Crippen LogP contribution in [-0.4, -0.2) is 48.6 Å². The minimum absolute atomic E-state index is 0. The molecule has 3 nitrogen and oxygen atoms in total. The zero-order valence-electron chi connectivity index (χ0n) is 5.68. The Morgan fingerprint density at radius 1 is 1.78 bits per heavy atom. The first kappa shape index (κ1) is 9.43. The van der Waals surface area contributed by atoms with Gasteiger partial charge in [0.05, 0.1) is 0 Å². The van der Waals surface area contributed by atoms with Gasteiger partial charge in [0.25, 0.3) is 0 Å². The van der Waals surface area contributed by atoms with Gasteiger partial charge in [-0.25, -0.2) is 0 Å². The molecule has 1 fully saturated rings. The molecule has 1 aliphatic rings. The largest absolute Gasteiger partial charge is 0.356 e. The van der Waals surface area contributed by atoms with Gasteiger partial charge in [-0.05, 0) is 12.5 Å². The molecule has 9 heavy (non-hydrogen) atoms. The average Bonchev–Trinajstić information content (AvgIpc) is 2.14. The maximum Gasteiger partial charge on any atom is 0.220 e. The van der Waals surface area contributed by atoms with Crippen molar-refractivity contribution in [3.8, 4) is 0 Å². The van der Waals surface area contributed by atoms with Crippen LogP contribution in [0.25, 0.3) is 0 Å². The molecule has 1 heterocycles. The van der Waals surface area contributed by atoms with E-state index >= 15 is 0 Å². The molecule has 1 saturated heterocycles. The van der Waals surface area contributed by atoms with Crippen LogP contribution in [0, 0.1) is 5.92 Å². The molecule has 0 aromatic rings. The van der Waals surface area contributed by atoms with E-state index in [9.17, 15) is 4.79 Å². The Morgan fingerprint density at radius 3 is 2.67 bits per heavy atom. The first-order chi connectivity index (χ1) is 3.83. The molecule has 0 saturated carbocycles. The van der Waals surface area contributed by atoms with E-state index in [0.717, 1.165) is 6.54 Å². The molecule has 1 rings (SSSR count). The molecule has 0 bridgehead atoms. The second-order valence-corrected chi connectivity index (χ2v) is 2.11. The summed E-state index contributed by atoms with van der Waals surface area (Å²) in [6.07, 6.45) is 0.622. The Hall–Kier alpha value is 0.430. The topological polar surface area (TPSA) is 55.1 Å². The van der Waals surface area contributed by atoms with Crippen molar-refractivity contribution in [2.45, 2.75) is 6.42 Å². The van der Waals surface area contributed by atoms with Crippen molar-refractivity contribution in [1.29, 1.82) is 0 Å². The van der Waals surface area contributed by atoms with Crippen molar-refractivity contribution in [1.82, 2.24) is 5.32 Å². The van der Waals surface area contributed by atoms with Gasteiger partial charge in [0.2, 0.25) is 5.91 Å². The molecular weight excluding hydrogens is 127 g/mol. The van der Waals surface area contributed by atoms with E-state index in [2.05, 4.69) is 5.32 Å². The SMILES string of the molecule is NCC1CNC(=O)C1.[Na]. The number of carbonyl (C=O) groups excluding carboxylic acids is 1. The summed E-state index contributed by atoms with van der Waals surface area (Å²) in [6, 6.07) is 0. The zero-order valence-corrected chi connectivity index (χ0v) is 7.68. The fourth-order valence-corrected chi connectivity index (χ4v) is 0.831. The van der Waals surface area contributed by atoms with E-state index in [1.807, 2.05) is 0 Å². The Kier molecular flexibility index (Phi) is 4.48. The predicted molar refractivity (Wildman–Crippen MR) is 35.9 cm³/mol. The summed E-state index contributed by atoms with van der Waals surface area (Å²) in [5.41, 5.74) is 5.30. The van der Waals surface area contributed by atoms with Crippen molar-refractivity contribution in [3.63, 3.8) is 0 Å². The first-order valence-corrected chi connectivity index (χ1v) is 2.79. The van der Waals surface area contributed by atoms with Gasteiger partial charge in [-0.1, -0.05) is 0 Å². The van der Waals surface area contributed by atoms with Crippen LogP contribution in [0.1, 0.15) is 6.42 Å². The van der Waals surface area contributed by atoms with Gasteiger partial charge in [-0.2, -0.15) is 0 Å². The standard InChI is InChI=1S/C5H10N2O.Na/c6-2-4-1-5(8)7-3-4;/h4H,1-3,6H2,(H,7,8);. The van der Waals surface area contributed by atoms with Gasteiger partial charge >= 0.3 is 0 Å². The van der Waals surface area contributed by atoms with Gasteiger partial charge in [-0.15, -0.1) is 0 Å². The molecule has 1 unspecified atom stereocenters. The van der Waals surface area contributed by atoms with Crippen molar-refractivity contribution in [3.05, 3.63) is 0 Å². The Balaban J connectivity index is 0.000000640. The molecule has 3 N–H and O–H groups in total. The third kappa shape index (κ3) is 2.67. The van der Waals surface area contributed by atoms with E-state index in [4.69, 9.17) is 5.73 Å². The van der Waals surface area contributed by atoms with Crippen LogP contribution >= 0.6 is 0 Å². The molecule has 0 aliphatic carbocycles. The monoisotopic (exact) mass is 137 g/mol. The van der Waals surface area contributed by atoms with Crippen LogP contribution in [0.3, 0.4) is 0 Å². The number of nitrogens with one attached hydrogen (secondary N) is 1. The maximum atomic E-state index is 10.4. The molecule has 1 amide bonds. The van der Waals surface area contributed by atoms with E-state index in [-0.39, 0.29) is 35.5 Å². The predicted octanol–water partition coefficient (Wildman–Crippen LogP) is -1.30. The summed E-state index contributed by atoms with van der Waals surface area (Å²) >= 11 is 0. The fraction of sp³-hybridized carbons (Fsp3) is 0.800. The van der Waals surface area contributed by atoms with Crippen LogP contribution in [0.4, 0.5) is 0 Å². The maximum absolute atomic E-state index is 10.4. The molecule has 1 atom stereocenters. The number of hydrogen-bond acceptors (Lipinski definition) is 2. The number of carbonyl (C=O) groups is 1. The minimum Gasteiger partial charge on any atom is -0.356 e. The van der Waals surface area contributed by atoms with Crippen LogP contribution in [-0.2, 0) is 4.79 Å². The fourth-order valence-electron chi connectivity index (χ4n) is 0.831. The van der Waals surface area contributed by atoms with Crippen molar-refractivity contribution in [2.75, 3.05) is 13.1 Å².